The molecule has 0 aliphatic heterocycles. The normalized spacial score (nSPS) is 10.3. The molecule has 1 rings (SSSR count). The van der Waals surface area contributed by atoms with Crippen molar-refractivity contribution in [1.29, 1.82) is 0 Å². The highest BCUT2D eigenvalue weighted by atomic mass is 35.5. The van der Waals surface area contributed by atoms with Crippen LogP contribution in [0.15, 0.2) is 6.20 Å². The van der Waals surface area contributed by atoms with Crippen molar-refractivity contribution in [3.8, 4) is 0 Å². The number of esters is 1. The SMILES string of the molecule is CC(C)OC(=O)c1cnc(Cl)s1. The van der Waals surface area contributed by atoms with E-state index in [-0.39, 0.29) is 12.1 Å². The predicted octanol–water partition coefficient (Wildman–Crippen LogP) is 2.36. The van der Waals surface area contributed by atoms with Gasteiger partial charge in [-0.2, -0.15) is 0 Å². The largest absolute Gasteiger partial charge is 0.459 e. The molecule has 12 heavy (non-hydrogen) atoms. The average Bonchev–Trinajstić information content (AvgIpc) is 2.34. The number of ether oxygens (including phenoxy) is 1. The first-order chi connectivity index (χ1) is 5.59. The number of halogens is 1. The van der Waals surface area contributed by atoms with Crippen molar-refractivity contribution in [2.75, 3.05) is 0 Å². The van der Waals surface area contributed by atoms with Crippen molar-refractivity contribution >= 4 is 28.9 Å². The maximum absolute atomic E-state index is 11.2. The number of rotatable bonds is 2. The van der Waals surface area contributed by atoms with E-state index in [2.05, 4.69) is 4.98 Å². The van der Waals surface area contributed by atoms with Crippen LogP contribution in [0.1, 0.15) is 23.5 Å². The van der Waals surface area contributed by atoms with Crippen molar-refractivity contribution in [3.63, 3.8) is 0 Å². The van der Waals surface area contributed by atoms with Gasteiger partial charge in [0.1, 0.15) is 4.88 Å². The topological polar surface area (TPSA) is 39.2 Å². The fourth-order valence-corrected chi connectivity index (χ4v) is 1.44. The summed E-state index contributed by atoms with van der Waals surface area (Å²) < 4.78 is 5.27. The van der Waals surface area contributed by atoms with E-state index in [0.717, 1.165) is 11.3 Å². The Kier molecular flexibility index (Phi) is 3.05. The molecule has 5 heteroatoms. The summed E-state index contributed by atoms with van der Waals surface area (Å²) in [5, 5.41) is 0. The zero-order valence-electron chi connectivity index (χ0n) is 6.70. The molecule has 0 saturated carbocycles. The van der Waals surface area contributed by atoms with Crippen LogP contribution in [0.2, 0.25) is 4.47 Å². The minimum atomic E-state index is -0.366. The van der Waals surface area contributed by atoms with Crippen LogP contribution in [0.4, 0.5) is 0 Å². The Balaban J connectivity index is 2.65. The second-order valence-electron chi connectivity index (χ2n) is 2.43. The van der Waals surface area contributed by atoms with E-state index in [0.29, 0.717) is 9.34 Å². The molecule has 0 fully saturated rings. The van der Waals surface area contributed by atoms with Crippen LogP contribution in [-0.4, -0.2) is 17.1 Å². The molecule has 0 spiro atoms. The Morgan fingerprint density at radius 1 is 1.75 bits per heavy atom. The summed E-state index contributed by atoms with van der Waals surface area (Å²) in [6.07, 6.45) is 1.30. The van der Waals surface area contributed by atoms with Gasteiger partial charge in [0, 0.05) is 0 Å². The summed E-state index contributed by atoms with van der Waals surface area (Å²) in [6, 6.07) is 0. The molecule has 0 N–H and O–H groups in total. The minimum Gasteiger partial charge on any atom is -0.459 e. The van der Waals surface area contributed by atoms with Crippen LogP contribution in [0.5, 0.6) is 0 Å². The van der Waals surface area contributed by atoms with Crippen molar-refractivity contribution in [2.45, 2.75) is 20.0 Å². The summed E-state index contributed by atoms with van der Waals surface area (Å²) in [4.78, 5) is 15.3. The van der Waals surface area contributed by atoms with Gasteiger partial charge in [-0.05, 0) is 13.8 Å². The number of hydrogen-bond acceptors (Lipinski definition) is 4. The number of aromatic nitrogens is 1. The Bertz CT molecular complexity index is 285. The van der Waals surface area contributed by atoms with Gasteiger partial charge in [0.2, 0.25) is 0 Å². The van der Waals surface area contributed by atoms with E-state index in [1.54, 1.807) is 13.8 Å². The van der Waals surface area contributed by atoms with Crippen LogP contribution in [0.3, 0.4) is 0 Å². The third kappa shape index (κ3) is 2.46. The maximum Gasteiger partial charge on any atom is 0.350 e. The number of nitrogens with zero attached hydrogens (tertiary/aromatic N) is 1. The van der Waals surface area contributed by atoms with E-state index < -0.39 is 0 Å². The zero-order chi connectivity index (χ0) is 9.14. The standard InChI is InChI=1S/C7H8ClNO2S/c1-4(2)11-6(10)5-3-9-7(8)12-5/h3-4H,1-2H3. The van der Waals surface area contributed by atoms with Crippen LogP contribution in [-0.2, 0) is 4.74 Å². The minimum absolute atomic E-state index is 0.113. The molecule has 0 aromatic carbocycles. The second-order valence-corrected chi connectivity index (χ2v) is 4.04. The van der Waals surface area contributed by atoms with Gasteiger partial charge in [-0.25, -0.2) is 9.78 Å². The van der Waals surface area contributed by atoms with Gasteiger partial charge in [-0.1, -0.05) is 22.9 Å². The number of carbonyl (C=O) groups is 1. The summed E-state index contributed by atoms with van der Waals surface area (Å²) in [5.74, 6) is -0.366. The van der Waals surface area contributed by atoms with Gasteiger partial charge >= 0.3 is 5.97 Å². The predicted molar refractivity (Wildman–Crippen MR) is 47.7 cm³/mol. The summed E-state index contributed by atoms with van der Waals surface area (Å²) in [6.45, 7) is 3.58. The molecule has 0 radical (unpaired) electrons. The van der Waals surface area contributed by atoms with Gasteiger partial charge in [0.15, 0.2) is 4.47 Å². The Hall–Kier alpha value is -0.610. The van der Waals surface area contributed by atoms with E-state index in [9.17, 15) is 4.79 Å². The highest BCUT2D eigenvalue weighted by molar-refractivity contribution is 7.17. The molecule has 1 aromatic heterocycles. The first-order valence-corrected chi connectivity index (χ1v) is 4.61. The highest BCUT2D eigenvalue weighted by Gasteiger charge is 2.12. The molecular weight excluding hydrogens is 198 g/mol. The molecule has 1 aromatic rings. The summed E-state index contributed by atoms with van der Waals surface area (Å²) in [5.41, 5.74) is 0. The van der Waals surface area contributed by atoms with Crippen LogP contribution in [0.25, 0.3) is 0 Å². The van der Waals surface area contributed by atoms with Crippen molar-refractivity contribution in [1.82, 2.24) is 4.98 Å². The number of thiazole rings is 1. The lowest BCUT2D eigenvalue weighted by atomic mass is 10.5. The monoisotopic (exact) mass is 205 g/mol. The molecule has 0 amide bonds. The molecule has 3 nitrogen and oxygen atoms in total. The molecule has 0 bridgehead atoms. The van der Waals surface area contributed by atoms with Crippen molar-refractivity contribution in [2.24, 2.45) is 0 Å². The number of carbonyl (C=O) groups excluding carboxylic acids is 1. The Morgan fingerprint density at radius 3 is 2.83 bits per heavy atom. The molecule has 0 aliphatic rings. The van der Waals surface area contributed by atoms with Gasteiger partial charge in [-0.3, -0.25) is 0 Å². The van der Waals surface area contributed by atoms with E-state index >= 15 is 0 Å². The lowest BCUT2D eigenvalue weighted by Gasteiger charge is -2.04. The Morgan fingerprint density at radius 2 is 2.42 bits per heavy atom. The van der Waals surface area contributed by atoms with E-state index in [1.165, 1.54) is 6.20 Å². The first kappa shape index (κ1) is 9.48. The van der Waals surface area contributed by atoms with Gasteiger partial charge < -0.3 is 4.74 Å². The molecular formula is C7H8ClNO2S. The van der Waals surface area contributed by atoms with Crippen LogP contribution in [0, 0.1) is 0 Å². The lowest BCUT2D eigenvalue weighted by molar-refractivity contribution is 0.0383. The average molecular weight is 206 g/mol. The van der Waals surface area contributed by atoms with Gasteiger partial charge in [0.25, 0.3) is 0 Å². The molecule has 66 valence electrons. The second kappa shape index (κ2) is 3.87. The number of hydrogen-bond donors (Lipinski definition) is 0. The quantitative estimate of drug-likeness (QED) is 0.696. The molecule has 1 heterocycles. The Labute approximate surface area is 79.3 Å². The third-order valence-electron chi connectivity index (χ3n) is 1.02. The van der Waals surface area contributed by atoms with E-state index in [1.807, 2.05) is 0 Å². The zero-order valence-corrected chi connectivity index (χ0v) is 8.28. The van der Waals surface area contributed by atoms with Crippen molar-refractivity contribution < 1.29 is 9.53 Å². The van der Waals surface area contributed by atoms with Crippen LogP contribution >= 0.6 is 22.9 Å². The maximum atomic E-state index is 11.2. The lowest BCUT2D eigenvalue weighted by Crippen LogP contribution is -2.09. The van der Waals surface area contributed by atoms with Gasteiger partial charge in [-0.15, -0.1) is 0 Å². The van der Waals surface area contributed by atoms with Crippen molar-refractivity contribution in [3.05, 3.63) is 15.5 Å². The molecule has 0 aliphatic carbocycles. The molecule has 0 saturated heterocycles. The summed E-state index contributed by atoms with van der Waals surface area (Å²) >= 11 is 6.66. The van der Waals surface area contributed by atoms with E-state index in [4.69, 9.17) is 16.3 Å². The smallest absolute Gasteiger partial charge is 0.350 e. The fourth-order valence-electron chi connectivity index (χ4n) is 0.619. The molecule has 0 atom stereocenters. The van der Waals surface area contributed by atoms with Crippen LogP contribution < -0.4 is 0 Å². The molecule has 0 unspecified atom stereocenters. The highest BCUT2D eigenvalue weighted by Crippen LogP contribution is 2.18. The third-order valence-corrected chi connectivity index (χ3v) is 2.12. The van der Waals surface area contributed by atoms with Gasteiger partial charge in [0.05, 0.1) is 12.3 Å². The first-order valence-electron chi connectivity index (χ1n) is 3.42. The summed E-state index contributed by atoms with van der Waals surface area (Å²) in [7, 11) is 0. The fraction of sp³-hybridized carbons (Fsp3) is 0.429.